The maximum atomic E-state index is 13.0. The minimum Gasteiger partial charge on any atom is -0.480 e. The van der Waals surface area contributed by atoms with Crippen molar-refractivity contribution in [2.45, 2.75) is 32.2 Å². The van der Waals surface area contributed by atoms with E-state index in [9.17, 15) is 23.9 Å². The van der Waals surface area contributed by atoms with Crippen molar-refractivity contribution in [2.24, 2.45) is 5.92 Å². The van der Waals surface area contributed by atoms with Crippen molar-refractivity contribution in [3.8, 4) is 0 Å². The SMILES string of the molecule is CC(=O)NCCN(C(=O)C1CC1c1ccc(F)cc1)C(C)C(=O)O. The van der Waals surface area contributed by atoms with Crippen LogP contribution in [0.4, 0.5) is 4.39 Å². The van der Waals surface area contributed by atoms with E-state index in [0.29, 0.717) is 6.42 Å². The molecule has 1 aromatic rings. The number of rotatable bonds is 7. The van der Waals surface area contributed by atoms with Crippen molar-refractivity contribution >= 4 is 17.8 Å². The second kappa shape index (κ2) is 7.42. The molecule has 1 aliphatic carbocycles. The summed E-state index contributed by atoms with van der Waals surface area (Å²) in [7, 11) is 0. The lowest BCUT2D eigenvalue weighted by Gasteiger charge is -2.27. The zero-order chi connectivity index (χ0) is 17.9. The summed E-state index contributed by atoms with van der Waals surface area (Å²) in [6.45, 7) is 3.15. The number of nitrogens with one attached hydrogen (secondary N) is 1. The normalized spacial score (nSPS) is 20.1. The van der Waals surface area contributed by atoms with Crippen molar-refractivity contribution in [2.75, 3.05) is 13.1 Å². The lowest BCUT2D eigenvalue weighted by Crippen LogP contribution is -2.47. The van der Waals surface area contributed by atoms with E-state index < -0.39 is 12.0 Å². The highest BCUT2D eigenvalue weighted by Crippen LogP contribution is 2.48. The van der Waals surface area contributed by atoms with Crippen LogP contribution in [0.5, 0.6) is 0 Å². The van der Waals surface area contributed by atoms with E-state index in [4.69, 9.17) is 0 Å². The molecular formula is C17H21FN2O4. The smallest absolute Gasteiger partial charge is 0.326 e. The molecule has 0 spiro atoms. The molecule has 24 heavy (non-hydrogen) atoms. The van der Waals surface area contributed by atoms with Gasteiger partial charge >= 0.3 is 5.97 Å². The van der Waals surface area contributed by atoms with Crippen LogP contribution < -0.4 is 5.32 Å². The molecular weight excluding hydrogens is 315 g/mol. The third kappa shape index (κ3) is 4.31. The van der Waals surface area contributed by atoms with Gasteiger partial charge in [-0.05, 0) is 37.0 Å². The summed E-state index contributed by atoms with van der Waals surface area (Å²) in [5, 5.41) is 11.8. The maximum Gasteiger partial charge on any atom is 0.326 e. The fourth-order valence-electron chi connectivity index (χ4n) is 2.74. The third-order valence-electron chi connectivity index (χ3n) is 4.24. The number of aliphatic carboxylic acids is 1. The molecule has 0 saturated heterocycles. The highest BCUT2D eigenvalue weighted by atomic mass is 19.1. The van der Waals surface area contributed by atoms with Gasteiger partial charge in [0.15, 0.2) is 0 Å². The number of nitrogens with zero attached hydrogens (tertiary/aromatic N) is 1. The van der Waals surface area contributed by atoms with E-state index in [1.807, 2.05) is 0 Å². The standard InChI is InChI=1S/C17H21FN2O4/c1-10(17(23)24)20(8-7-19-11(2)21)16(22)15-9-14(15)12-3-5-13(18)6-4-12/h3-6,10,14-15H,7-9H2,1-2H3,(H,19,21)(H,23,24). The molecule has 1 aliphatic rings. The van der Waals surface area contributed by atoms with Crippen molar-refractivity contribution in [1.82, 2.24) is 10.2 Å². The molecule has 2 rings (SSSR count). The topological polar surface area (TPSA) is 86.7 Å². The fraction of sp³-hybridized carbons (Fsp3) is 0.471. The van der Waals surface area contributed by atoms with Crippen LogP contribution in [0.15, 0.2) is 24.3 Å². The number of halogens is 1. The van der Waals surface area contributed by atoms with Gasteiger partial charge in [-0.25, -0.2) is 9.18 Å². The molecule has 0 radical (unpaired) electrons. The van der Waals surface area contributed by atoms with Gasteiger partial charge in [-0.2, -0.15) is 0 Å². The molecule has 1 fully saturated rings. The molecule has 2 amide bonds. The average molecular weight is 336 g/mol. The Kier molecular flexibility index (Phi) is 5.54. The van der Waals surface area contributed by atoms with Crippen LogP contribution in [-0.2, 0) is 14.4 Å². The number of carbonyl (C=O) groups excluding carboxylic acids is 2. The zero-order valence-electron chi connectivity index (χ0n) is 13.7. The van der Waals surface area contributed by atoms with Gasteiger partial charge in [-0.15, -0.1) is 0 Å². The van der Waals surface area contributed by atoms with Crippen LogP contribution in [0, 0.1) is 11.7 Å². The summed E-state index contributed by atoms with van der Waals surface area (Å²) in [4.78, 5) is 36.1. The van der Waals surface area contributed by atoms with Gasteiger partial charge in [0.05, 0.1) is 0 Å². The highest BCUT2D eigenvalue weighted by Gasteiger charge is 2.47. The summed E-state index contributed by atoms with van der Waals surface area (Å²) in [6.07, 6.45) is 0.618. The van der Waals surface area contributed by atoms with Crippen LogP contribution in [0.3, 0.4) is 0 Å². The van der Waals surface area contributed by atoms with E-state index in [0.717, 1.165) is 5.56 Å². The molecule has 1 saturated carbocycles. The Morgan fingerprint density at radius 1 is 1.33 bits per heavy atom. The molecule has 0 heterocycles. The number of hydrogen-bond acceptors (Lipinski definition) is 3. The first-order chi connectivity index (χ1) is 11.3. The van der Waals surface area contributed by atoms with Crippen molar-refractivity contribution in [1.29, 1.82) is 0 Å². The number of carboxylic acids is 1. The van der Waals surface area contributed by atoms with Gasteiger partial charge in [0.25, 0.3) is 0 Å². The maximum absolute atomic E-state index is 13.0. The predicted octanol–water partition coefficient (Wildman–Crippen LogP) is 1.37. The summed E-state index contributed by atoms with van der Waals surface area (Å²) in [5.74, 6) is -2.22. The number of benzene rings is 1. The summed E-state index contributed by atoms with van der Waals surface area (Å²) >= 11 is 0. The first-order valence-electron chi connectivity index (χ1n) is 7.84. The lowest BCUT2D eigenvalue weighted by atomic mass is 10.1. The second-order valence-electron chi connectivity index (χ2n) is 6.03. The minimum atomic E-state index is -1.09. The van der Waals surface area contributed by atoms with Gasteiger partial charge in [-0.1, -0.05) is 12.1 Å². The Bertz CT molecular complexity index is 632. The number of carbonyl (C=O) groups is 3. The Balaban J connectivity index is 2.03. The Labute approximate surface area is 139 Å². The van der Waals surface area contributed by atoms with Crippen LogP contribution in [-0.4, -0.2) is 46.9 Å². The Morgan fingerprint density at radius 2 is 1.96 bits per heavy atom. The molecule has 3 unspecified atom stereocenters. The fourth-order valence-corrected chi connectivity index (χ4v) is 2.74. The monoisotopic (exact) mass is 336 g/mol. The van der Waals surface area contributed by atoms with E-state index in [2.05, 4.69) is 5.32 Å². The molecule has 1 aromatic carbocycles. The molecule has 130 valence electrons. The van der Waals surface area contributed by atoms with Crippen molar-refractivity contribution < 1.29 is 23.9 Å². The van der Waals surface area contributed by atoms with Gasteiger partial charge in [0.1, 0.15) is 11.9 Å². The summed E-state index contributed by atoms with van der Waals surface area (Å²) in [6, 6.07) is 5.03. The van der Waals surface area contributed by atoms with E-state index >= 15 is 0 Å². The molecule has 7 heteroatoms. The van der Waals surface area contributed by atoms with Gasteiger partial charge < -0.3 is 15.3 Å². The van der Waals surface area contributed by atoms with E-state index in [1.54, 1.807) is 12.1 Å². The minimum absolute atomic E-state index is 0.0117. The van der Waals surface area contributed by atoms with Gasteiger partial charge in [0.2, 0.25) is 11.8 Å². The zero-order valence-corrected chi connectivity index (χ0v) is 13.7. The molecule has 2 N–H and O–H groups in total. The summed E-state index contributed by atoms with van der Waals surface area (Å²) in [5.41, 5.74) is 0.875. The number of amides is 2. The highest BCUT2D eigenvalue weighted by molar-refractivity contribution is 5.87. The number of carboxylic acid groups (broad SMARTS) is 1. The first-order valence-corrected chi connectivity index (χ1v) is 7.84. The van der Waals surface area contributed by atoms with E-state index in [-0.39, 0.29) is 42.6 Å². The molecule has 0 aliphatic heterocycles. The lowest BCUT2D eigenvalue weighted by molar-refractivity contribution is -0.150. The van der Waals surface area contributed by atoms with Crippen molar-refractivity contribution in [3.63, 3.8) is 0 Å². The third-order valence-corrected chi connectivity index (χ3v) is 4.24. The molecule has 3 atom stereocenters. The Morgan fingerprint density at radius 3 is 2.50 bits per heavy atom. The largest absolute Gasteiger partial charge is 0.480 e. The Hall–Kier alpha value is -2.44. The predicted molar refractivity (Wildman–Crippen MR) is 84.7 cm³/mol. The van der Waals surface area contributed by atoms with Crippen LogP contribution in [0.2, 0.25) is 0 Å². The molecule has 0 bridgehead atoms. The average Bonchev–Trinajstić information content (AvgIpc) is 3.31. The van der Waals surface area contributed by atoms with E-state index in [1.165, 1.54) is 30.9 Å². The second-order valence-corrected chi connectivity index (χ2v) is 6.03. The number of hydrogen-bond donors (Lipinski definition) is 2. The van der Waals surface area contributed by atoms with Gasteiger partial charge in [0, 0.05) is 25.9 Å². The first kappa shape index (κ1) is 17.9. The molecule has 6 nitrogen and oxygen atoms in total. The van der Waals surface area contributed by atoms with Crippen LogP contribution in [0.25, 0.3) is 0 Å². The molecule has 0 aromatic heterocycles. The summed E-state index contributed by atoms with van der Waals surface area (Å²) < 4.78 is 13.0. The van der Waals surface area contributed by atoms with Crippen LogP contribution >= 0.6 is 0 Å². The quantitative estimate of drug-likeness (QED) is 0.787. The van der Waals surface area contributed by atoms with Crippen molar-refractivity contribution in [3.05, 3.63) is 35.6 Å². The van der Waals surface area contributed by atoms with Gasteiger partial charge in [-0.3, -0.25) is 9.59 Å². The van der Waals surface area contributed by atoms with Crippen LogP contribution in [0.1, 0.15) is 31.7 Å².